The second kappa shape index (κ2) is 9.50. The van der Waals surface area contributed by atoms with Crippen LogP contribution < -0.4 is 4.74 Å². The van der Waals surface area contributed by atoms with E-state index in [0.29, 0.717) is 5.75 Å². The summed E-state index contributed by atoms with van der Waals surface area (Å²) in [7, 11) is -0.839. The molecule has 22 heavy (non-hydrogen) atoms. The fraction of sp³-hybridized carbons (Fsp3) is 0.500. The maximum absolute atomic E-state index is 10.7. The number of rotatable bonds is 8. The van der Waals surface area contributed by atoms with Crippen molar-refractivity contribution >= 4 is 77.9 Å². The average molecular weight is 668 g/mol. The Kier molecular flexibility index (Phi) is 9.11. The highest BCUT2D eigenvalue weighted by Crippen LogP contribution is 2.37. The summed E-state index contributed by atoms with van der Waals surface area (Å²) >= 11 is 6.53. The molecule has 1 N–H and O–H groups in total. The zero-order chi connectivity index (χ0) is 16.9. The third kappa shape index (κ3) is 6.16. The summed E-state index contributed by atoms with van der Waals surface area (Å²) in [6, 6.07) is 1.95. The average Bonchev–Trinajstić information content (AvgIpc) is 2.41. The predicted octanol–water partition coefficient (Wildman–Crippen LogP) is 3.45. The molecule has 0 unspecified atom stereocenters. The Morgan fingerprint density at radius 1 is 1.18 bits per heavy atom. The van der Waals surface area contributed by atoms with Gasteiger partial charge in [-0.15, -0.1) is 0 Å². The van der Waals surface area contributed by atoms with Crippen LogP contribution in [0.2, 0.25) is 0 Å². The van der Waals surface area contributed by atoms with Crippen LogP contribution in [0.5, 0.6) is 5.75 Å². The Balaban J connectivity index is 2.97. The Labute approximate surface area is 170 Å². The van der Waals surface area contributed by atoms with Gasteiger partial charge >= 0.3 is 0 Å². The fourth-order valence-corrected chi connectivity index (χ4v) is 6.36. The van der Waals surface area contributed by atoms with Gasteiger partial charge in [0.05, 0.1) is 19.5 Å². The molecule has 1 rings (SSSR count). The molecule has 0 saturated carbocycles. The van der Waals surface area contributed by atoms with E-state index in [0.717, 1.165) is 16.3 Å². The number of ether oxygens (including phenoxy) is 3. The quantitative estimate of drug-likeness (QED) is 0.198. The van der Waals surface area contributed by atoms with Crippen molar-refractivity contribution in [2.45, 2.75) is 12.7 Å². The van der Waals surface area contributed by atoms with Crippen LogP contribution in [0.1, 0.15) is 18.3 Å². The van der Waals surface area contributed by atoms with Crippen LogP contribution in [0.15, 0.2) is 6.07 Å². The fourth-order valence-electron chi connectivity index (χ4n) is 1.68. The molecule has 0 heterocycles. The summed E-state index contributed by atoms with van der Waals surface area (Å²) in [5, 5.41) is 0. The topological polar surface area (TPSA) is 82.1 Å². The third-order valence-corrected chi connectivity index (χ3v) is 6.19. The van der Waals surface area contributed by atoms with Crippen molar-refractivity contribution in [1.29, 1.82) is 0 Å². The first-order valence-corrected chi connectivity index (χ1v) is 10.9. The second-order valence-electron chi connectivity index (χ2n) is 4.19. The van der Waals surface area contributed by atoms with Crippen molar-refractivity contribution < 1.29 is 27.2 Å². The van der Waals surface area contributed by atoms with Crippen LogP contribution in [0, 0.1) is 10.7 Å². The molecular weight excluding hydrogens is 653 g/mol. The van der Waals surface area contributed by atoms with E-state index in [1.165, 1.54) is 0 Å². The van der Waals surface area contributed by atoms with Crippen molar-refractivity contribution in [2.24, 2.45) is 0 Å². The first-order valence-electron chi connectivity index (χ1n) is 6.02. The molecule has 6 nitrogen and oxygen atoms in total. The lowest BCUT2D eigenvalue weighted by Gasteiger charge is -2.20. The first kappa shape index (κ1) is 21.1. The van der Waals surface area contributed by atoms with E-state index in [2.05, 4.69) is 67.8 Å². The van der Waals surface area contributed by atoms with E-state index in [-0.39, 0.29) is 18.8 Å². The number of hydrogen-bond acceptors (Lipinski definition) is 5. The molecule has 0 atom stereocenters. The molecule has 0 spiro atoms. The van der Waals surface area contributed by atoms with E-state index in [1.54, 1.807) is 14.2 Å². The van der Waals surface area contributed by atoms with Crippen molar-refractivity contribution in [3.8, 4) is 5.75 Å². The molecule has 126 valence electrons. The van der Waals surface area contributed by atoms with Gasteiger partial charge in [-0.2, -0.15) is 8.42 Å². The number of methoxy groups -OCH3 is 2. The van der Waals surface area contributed by atoms with Crippen molar-refractivity contribution in [3.05, 3.63) is 22.3 Å². The van der Waals surface area contributed by atoms with Gasteiger partial charge in [-0.3, -0.25) is 4.55 Å². The number of halogens is 3. The van der Waals surface area contributed by atoms with Gasteiger partial charge in [-0.05, 0) is 80.3 Å². The number of benzene rings is 1. The lowest BCUT2D eigenvalue weighted by atomic mass is 10.2. The maximum atomic E-state index is 10.7. The molecule has 1 aromatic rings. The smallest absolute Gasteiger partial charge is 0.264 e. The van der Waals surface area contributed by atoms with Gasteiger partial charge in [0.25, 0.3) is 10.1 Å². The summed E-state index contributed by atoms with van der Waals surface area (Å²) < 4.78 is 49.2. The molecule has 0 aliphatic rings. The SMILES string of the molecule is COC(OC)c1c(I)cc(I)c(OCCCS(=O)(=O)O)c1I. The minimum atomic E-state index is -3.96. The summed E-state index contributed by atoms with van der Waals surface area (Å²) in [5.41, 5.74) is 0.872. The molecule has 0 radical (unpaired) electrons. The van der Waals surface area contributed by atoms with E-state index >= 15 is 0 Å². The molecular formula is C12H15I3O6S. The molecule has 1 aromatic carbocycles. The monoisotopic (exact) mass is 668 g/mol. The van der Waals surface area contributed by atoms with Crippen molar-refractivity contribution in [1.82, 2.24) is 0 Å². The molecule has 0 aromatic heterocycles. The minimum Gasteiger partial charge on any atom is -0.491 e. The zero-order valence-corrected chi connectivity index (χ0v) is 19.1. The molecule has 0 aliphatic carbocycles. The summed E-state index contributed by atoms with van der Waals surface area (Å²) in [6.07, 6.45) is -0.291. The van der Waals surface area contributed by atoms with Gasteiger partial charge in [0.2, 0.25) is 0 Å². The van der Waals surface area contributed by atoms with E-state index in [4.69, 9.17) is 18.8 Å². The van der Waals surface area contributed by atoms with Gasteiger partial charge in [0.15, 0.2) is 6.29 Å². The minimum absolute atomic E-state index is 0.191. The lowest BCUT2D eigenvalue weighted by molar-refractivity contribution is -0.107. The van der Waals surface area contributed by atoms with Crippen LogP contribution in [0.25, 0.3) is 0 Å². The maximum Gasteiger partial charge on any atom is 0.264 e. The van der Waals surface area contributed by atoms with Gasteiger partial charge in [0, 0.05) is 23.4 Å². The van der Waals surface area contributed by atoms with Crippen LogP contribution in [-0.4, -0.2) is 39.5 Å². The van der Waals surface area contributed by atoms with E-state index in [9.17, 15) is 8.42 Å². The molecule has 0 fully saturated rings. The Bertz CT molecular complexity index is 616. The van der Waals surface area contributed by atoms with Crippen LogP contribution >= 0.6 is 67.8 Å². The highest BCUT2D eigenvalue weighted by Gasteiger charge is 2.22. The second-order valence-corrected chi connectivity index (χ2v) is 9.16. The largest absolute Gasteiger partial charge is 0.491 e. The first-order chi connectivity index (χ1) is 10.2. The molecule has 0 aliphatic heterocycles. The Morgan fingerprint density at radius 2 is 1.77 bits per heavy atom. The highest BCUT2D eigenvalue weighted by molar-refractivity contribution is 14.1. The lowest BCUT2D eigenvalue weighted by Crippen LogP contribution is -2.12. The third-order valence-electron chi connectivity index (χ3n) is 2.62. The summed E-state index contributed by atoms with van der Waals surface area (Å²) in [6.45, 7) is 0.191. The standard InChI is InChI=1S/C12H15I3O6S/c1-19-12(20-2)9-7(13)6-8(14)11(10(9)15)21-4-3-5-22(16,17)18/h6,12H,3-5H2,1-2H3,(H,16,17,18). The van der Waals surface area contributed by atoms with Gasteiger partial charge in [-0.1, -0.05) is 0 Å². The van der Waals surface area contributed by atoms with Crippen molar-refractivity contribution in [3.63, 3.8) is 0 Å². The van der Waals surface area contributed by atoms with E-state index in [1.807, 2.05) is 6.07 Å². The summed E-state index contributed by atoms with van der Waals surface area (Å²) in [5.74, 6) is 0.335. The van der Waals surface area contributed by atoms with Crippen molar-refractivity contribution in [2.75, 3.05) is 26.6 Å². The van der Waals surface area contributed by atoms with E-state index < -0.39 is 16.4 Å². The Hall–Kier alpha value is 1.04. The molecule has 0 amide bonds. The van der Waals surface area contributed by atoms with Gasteiger partial charge in [-0.25, -0.2) is 0 Å². The van der Waals surface area contributed by atoms with Gasteiger partial charge < -0.3 is 14.2 Å². The van der Waals surface area contributed by atoms with Crippen LogP contribution in [0.4, 0.5) is 0 Å². The van der Waals surface area contributed by atoms with Crippen LogP contribution in [0.3, 0.4) is 0 Å². The molecule has 0 bridgehead atoms. The Morgan fingerprint density at radius 3 is 2.27 bits per heavy atom. The molecule has 10 heteroatoms. The normalized spacial score (nSPS) is 12.0. The highest BCUT2D eigenvalue weighted by atomic mass is 127. The predicted molar refractivity (Wildman–Crippen MR) is 108 cm³/mol. The zero-order valence-electron chi connectivity index (χ0n) is 11.8. The van der Waals surface area contributed by atoms with Crippen LogP contribution in [-0.2, 0) is 19.6 Å². The number of hydrogen-bond donors (Lipinski definition) is 1. The molecule has 0 saturated heterocycles. The van der Waals surface area contributed by atoms with Gasteiger partial charge in [0.1, 0.15) is 5.75 Å². The summed E-state index contributed by atoms with van der Waals surface area (Å²) in [4.78, 5) is 0.